The van der Waals surface area contributed by atoms with E-state index in [1.54, 1.807) is 35.8 Å². The molecule has 0 saturated carbocycles. The zero-order chi connectivity index (χ0) is 28.0. The van der Waals surface area contributed by atoms with Gasteiger partial charge in [0.2, 0.25) is 12.7 Å². The third kappa shape index (κ3) is 4.11. The van der Waals surface area contributed by atoms with Crippen LogP contribution in [0.3, 0.4) is 0 Å². The van der Waals surface area contributed by atoms with Crippen molar-refractivity contribution in [3.8, 4) is 40.2 Å². The molecule has 3 aromatic heterocycles. The lowest BCUT2D eigenvalue weighted by molar-refractivity contribution is -0.111. The molecule has 11 nitrogen and oxygen atoms in total. The second-order valence-electron chi connectivity index (χ2n) is 8.88. The normalized spacial score (nSPS) is 12.0. The van der Waals surface area contributed by atoms with Crippen LogP contribution in [0.4, 0.5) is 15.9 Å². The molecule has 0 radical (unpaired) electrons. The highest BCUT2D eigenvalue weighted by Crippen LogP contribution is 2.49. The molecule has 3 N–H and O–H groups in total. The Kier molecular flexibility index (Phi) is 5.99. The molecule has 0 aliphatic carbocycles. The second kappa shape index (κ2) is 9.66. The summed E-state index contributed by atoms with van der Waals surface area (Å²) in [5.41, 5.74) is 10.9. The van der Waals surface area contributed by atoms with E-state index in [2.05, 4.69) is 31.8 Å². The van der Waals surface area contributed by atoms with Gasteiger partial charge in [0.1, 0.15) is 11.8 Å². The molecule has 0 bridgehead atoms. The van der Waals surface area contributed by atoms with Crippen molar-refractivity contribution in [2.75, 3.05) is 17.8 Å². The number of carbonyl (C=O) groups is 1. The zero-order valence-electron chi connectivity index (χ0n) is 21.4. The van der Waals surface area contributed by atoms with E-state index in [0.29, 0.717) is 50.9 Å². The number of nitrogens with one attached hydrogen (secondary N) is 1. The molecule has 4 heterocycles. The summed E-state index contributed by atoms with van der Waals surface area (Å²) < 4.78 is 34.3. The van der Waals surface area contributed by atoms with Crippen molar-refractivity contribution in [3.63, 3.8) is 0 Å². The SMILES string of the molecule is C=CC(=O)Nc1ccc(-c2c(C)c3ncnc(N)c3n2-c2ccc(Oc3nccc(C)n3)c(F)c2)c2c1OCO2. The van der Waals surface area contributed by atoms with E-state index in [9.17, 15) is 4.79 Å². The maximum Gasteiger partial charge on any atom is 0.322 e. The number of aryl methyl sites for hydroxylation is 2. The fourth-order valence-electron chi connectivity index (χ4n) is 4.61. The highest BCUT2D eigenvalue weighted by Gasteiger charge is 2.29. The molecule has 0 atom stereocenters. The Balaban J connectivity index is 1.53. The summed E-state index contributed by atoms with van der Waals surface area (Å²) in [5.74, 6) is -0.123. The number of fused-ring (bicyclic) bond motifs is 2. The van der Waals surface area contributed by atoms with Gasteiger partial charge in [-0.15, -0.1) is 0 Å². The molecule has 0 unspecified atom stereocenters. The van der Waals surface area contributed by atoms with E-state index in [-0.39, 0.29) is 24.4 Å². The van der Waals surface area contributed by atoms with E-state index < -0.39 is 11.7 Å². The van der Waals surface area contributed by atoms with Gasteiger partial charge in [0.15, 0.2) is 28.9 Å². The molecule has 12 heteroatoms. The Bertz CT molecular complexity index is 1840. The van der Waals surface area contributed by atoms with Gasteiger partial charge in [0.25, 0.3) is 0 Å². The smallest absolute Gasteiger partial charge is 0.322 e. The number of ether oxygens (including phenoxy) is 3. The Labute approximate surface area is 227 Å². The van der Waals surface area contributed by atoms with Crippen molar-refractivity contribution in [2.24, 2.45) is 0 Å². The molecular weight excluding hydrogens is 517 g/mol. The van der Waals surface area contributed by atoms with Gasteiger partial charge in [-0.1, -0.05) is 6.58 Å². The van der Waals surface area contributed by atoms with Gasteiger partial charge in [-0.05, 0) is 50.3 Å². The molecule has 1 amide bonds. The summed E-state index contributed by atoms with van der Waals surface area (Å²) in [6.45, 7) is 7.10. The molecule has 0 saturated heterocycles. The van der Waals surface area contributed by atoms with Crippen molar-refractivity contribution >= 4 is 28.4 Å². The molecule has 200 valence electrons. The number of aromatic nitrogens is 5. The third-order valence-corrected chi connectivity index (χ3v) is 6.37. The van der Waals surface area contributed by atoms with Crippen LogP contribution in [-0.2, 0) is 4.79 Å². The molecule has 1 aliphatic rings. The Hall–Kier alpha value is -5.52. The van der Waals surface area contributed by atoms with Crippen LogP contribution in [0.15, 0.2) is 61.6 Å². The lowest BCUT2D eigenvalue weighted by atomic mass is 10.0. The van der Waals surface area contributed by atoms with Crippen LogP contribution in [0, 0.1) is 19.7 Å². The van der Waals surface area contributed by atoms with Crippen LogP contribution in [0.2, 0.25) is 0 Å². The van der Waals surface area contributed by atoms with Crippen molar-refractivity contribution in [1.82, 2.24) is 24.5 Å². The largest absolute Gasteiger partial charge is 0.453 e. The lowest BCUT2D eigenvalue weighted by Crippen LogP contribution is -2.08. The van der Waals surface area contributed by atoms with Crippen molar-refractivity contribution in [1.29, 1.82) is 0 Å². The summed E-state index contributed by atoms with van der Waals surface area (Å²) in [4.78, 5) is 28.8. The standard InChI is InChI=1S/C28H22FN7O4/c1-4-21(37)35-19-7-6-17(25-26(19)39-13-38-25)23-15(3)22-24(27(30)33-12-32-22)36(23)16-5-8-20(18(29)11-16)40-28-31-10-9-14(2)34-28/h4-12H,1,13H2,2-3H3,(H,35,37)(H2,30,32,33). The number of benzene rings is 2. The summed E-state index contributed by atoms with van der Waals surface area (Å²) in [6, 6.07) is 9.69. The molecular formula is C28H22FN7O4. The van der Waals surface area contributed by atoms with Crippen molar-refractivity contribution in [2.45, 2.75) is 13.8 Å². The summed E-state index contributed by atoms with van der Waals surface area (Å²) in [6.07, 6.45) is 4.06. The van der Waals surface area contributed by atoms with E-state index in [1.165, 1.54) is 24.7 Å². The highest BCUT2D eigenvalue weighted by molar-refractivity contribution is 6.02. The predicted octanol–water partition coefficient (Wildman–Crippen LogP) is 4.86. The molecule has 5 aromatic rings. The first-order valence-corrected chi connectivity index (χ1v) is 12.1. The summed E-state index contributed by atoms with van der Waals surface area (Å²) in [7, 11) is 0. The third-order valence-electron chi connectivity index (χ3n) is 6.37. The number of hydrogen-bond donors (Lipinski definition) is 2. The monoisotopic (exact) mass is 539 g/mol. The predicted molar refractivity (Wildman–Crippen MR) is 145 cm³/mol. The molecule has 1 aliphatic heterocycles. The first kappa shape index (κ1) is 24.8. The second-order valence-corrected chi connectivity index (χ2v) is 8.88. The lowest BCUT2D eigenvalue weighted by Gasteiger charge is -2.16. The maximum absolute atomic E-state index is 15.4. The topological polar surface area (TPSA) is 139 Å². The minimum Gasteiger partial charge on any atom is -0.453 e. The molecule has 0 spiro atoms. The molecule has 6 rings (SSSR count). The number of nitrogens with two attached hydrogens (primary N) is 1. The Morgan fingerprint density at radius 1 is 1.15 bits per heavy atom. The van der Waals surface area contributed by atoms with E-state index >= 15 is 4.39 Å². The number of rotatable bonds is 6. The zero-order valence-corrected chi connectivity index (χ0v) is 21.4. The van der Waals surface area contributed by atoms with Gasteiger partial charge in [0.05, 0.1) is 16.9 Å². The van der Waals surface area contributed by atoms with Gasteiger partial charge >= 0.3 is 6.01 Å². The van der Waals surface area contributed by atoms with Gasteiger partial charge in [-0.2, -0.15) is 0 Å². The first-order chi connectivity index (χ1) is 19.4. The van der Waals surface area contributed by atoms with Crippen LogP contribution in [0.5, 0.6) is 23.3 Å². The molecule has 40 heavy (non-hydrogen) atoms. The van der Waals surface area contributed by atoms with Crippen LogP contribution >= 0.6 is 0 Å². The Morgan fingerprint density at radius 3 is 2.75 bits per heavy atom. The van der Waals surface area contributed by atoms with E-state index in [0.717, 1.165) is 11.6 Å². The van der Waals surface area contributed by atoms with Crippen molar-refractivity contribution in [3.05, 3.63) is 78.7 Å². The summed E-state index contributed by atoms with van der Waals surface area (Å²) >= 11 is 0. The van der Waals surface area contributed by atoms with Crippen LogP contribution < -0.4 is 25.3 Å². The van der Waals surface area contributed by atoms with E-state index in [4.69, 9.17) is 19.9 Å². The van der Waals surface area contributed by atoms with Gasteiger partial charge in [0, 0.05) is 34.8 Å². The Morgan fingerprint density at radius 2 is 1.98 bits per heavy atom. The maximum atomic E-state index is 15.4. The number of hydrogen-bond acceptors (Lipinski definition) is 9. The van der Waals surface area contributed by atoms with Gasteiger partial charge in [-0.25, -0.2) is 24.3 Å². The average Bonchev–Trinajstić information content (AvgIpc) is 3.55. The molecule has 0 fully saturated rings. The number of nitrogens with zero attached hydrogens (tertiary/aromatic N) is 5. The number of halogens is 1. The fraction of sp³-hybridized carbons (Fsp3) is 0.107. The van der Waals surface area contributed by atoms with Crippen LogP contribution in [0.1, 0.15) is 11.3 Å². The number of carbonyl (C=O) groups excluding carboxylic acids is 1. The number of nitrogen functional groups attached to an aromatic ring is 1. The average molecular weight is 540 g/mol. The number of anilines is 2. The minimum atomic E-state index is -0.643. The first-order valence-electron chi connectivity index (χ1n) is 12.1. The van der Waals surface area contributed by atoms with Gasteiger partial charge in [-0.3, -0.25) is 4.79 Å². The summed E-state index contributed by atoms with van der Waals surface area (Å²) in [5, 5.41) is 2.72. The van der Waals surface area contributed by atoms with Crippen molar-refractivity contribution < 1.29 is 23.4 Å². The highest BCUT2D eigenvalue weighted by atomic mass is 19.1. The van der Waals surface area contributed by atoms with Crippen LogP contribution in [0.25, 0.3) is 28.0 Å². The van der Waals surface area contributed by atoms with Crippen LogP contribution in [-0.4, -0.2) is 37.2 Å². The fourth-order valence-corrected chi connectivity index (χ4v) is 4.61. The number of amides is 1. The molecule has 2 aromatic carbocycles. The quantitative estimate of drug-likeness (QED) is 0.290. The van der Waals surface area contributed by atoms with Gasteiger partial charge < -0.3 is 29.8 Å². The minimum absolute atomic E-state index is 0.0311. The van der Waals surface area contributed by atoms with E-state index in [1.807, 2.05) is 6.92 Å².